The van der Waals surface area contributed by atoms with Crippen molar-refractivity contribution in [1.82, 2.24) is 26.2 Å². The van der Waals surface area contributed by atoms with Gasteiger partial charge in [-0.25, -0.2) is 4.79 Å². The third-order valence-corrected chi connectivity index (χ3v) is 10.2. The van der Waals surface area contributed by atoms with Crippen LogP contribution in [0.2, 0.25) is 0 Å². The van der Waals surface area contributed by atoms with Crippen LogP contribution < -0.4 is 27.0 Å². The highest BCUT2D eigenvalue weighted by atomic mass is 35.5. The first-order chi connectivity index (χ1) is 25.1. The number of piperidine rings is 1. The summed E-state index contributed by atoms with van der Waals surface area (Å²) in [6, 6.07) is 13.9. The molecule has 5 rings (SSSR count). The number of carbonyl (C=O) groups excluding carboxylic acids is 6. The van der Waals surface area contributed by atoms with E-state index in [0.29, 0.717) is 45.1 Å². The van der Waals surface area contributed by atoms with Crippen LogP contribution in [-0.4, -0.2) is 83.5 Å². The van der Waals surface area contributed by atoms with Crippen LogP contribution >= 0.6 is 11.6 Å². The van der Waals surface area contributed by atoms with E-state index in [2.05, 4.69) is 27.3 Å². The summed E-state index contributed by atoms with van der Waals surface area (Å²) in [4.78, 5) is 81.1. The number of halogens is 1. The highest BCUT2D eigenvalue weighted by molar-refractivity contribution is 6.27. The number of Topliss-reactive ketones (excluding diaryl/α,β-unsaturated/α-hetero) is 1. The Hall–Kier alpha value is -4.71. The van der Waals surface area contributed by atoms with E-state index in [9.17, 15) is 28.8 Å². The maximum absolute atomic E-state index is 14.2. The van der Waals surface area contributed by atoms with Crippen LogP contribution in [0.3, 0.4) is 0 Å². The Bertz CT molecular complexity index is 1650. The Labute approximate surface area is 309 Å². The molecule has 0 unspecified atom stereocenters. The van der Waals surface area contributed by atoms with E-state index >= 15 is 0 Å². The molecule has 0 radical (unpaired) electrons. The second-order valence-electron chi connectivity index (χ2n) is 13.9. The molecule has 3 aliphatic rings. The number of hydrogen-bond acceptors (Lipinski definition) is 6. The predicted octanol–water partition coefficient (Wildman–Crippen LogP) is 3.15. The normalized spacial score (nSPS) is 18.2. The molecular weight excluding hydrogens is 684 g/mol. The van der Waals surface area contributed by atoms with Crippen LogP contribution in [0.15, 0.2) is 60.7 Å². The molecule has 278 valence electrons. The number of nitrogens with two attached hydrogens (primary N) is 1. The molecule has 2 aromatic carbocycles. The van der Waals surface area contributed by atoms with E-state index in [-0.39, 0.29) is 55.3 Å². The van der Waals surface area contributed by atoms with Crippen LogP contribution in [0, 0.1) is 5.92 Å². The third kappa shape index (κ3) is 10.9. The van der Waals surface area contributed by atoms with Crippen molar-refractivity contribution in [2.75, 3.05) is 19.0 Å². The number of urea groups is 1. The van der Waals surface area contributed by atoms with Crippen LogP contribution in [0.1, 0.15) is 74.5 Å². The first kappa shape index (κ1) is 38.5. The highest BCUT2D eigenvalue weighted by Crippen LogP contribution is 2.32. The molecule has 0 bridgehead atoms. The molecule has 1 saturated heterocycles. The molecule has 6 amide bonds. The van der Waals surface area contributed by atoms with Gasteiger partial charge in [-0.05, 0) is 73.6 Å². The number of hydrogen-bond donors (Lipinski definition) is 5. The monoisotopic (exact) mass is 732 g/mol. The number of ketones is 1. The van der Waals surface area contributed by atoms with Crippen molar-refractivity contribution in [3.63, 3.8) is 0 Å². The zero-order valence-electron chi connectivity index (χ0n) is 29.4. The number of nitrogens with one attached hydrogen (secondary N) is 4. The number of nitrogens with zero attached hydrogens (tertiary/aromatic N) is 1. The Kier molecular flexibility index (Phi) is 13.8. The number of amides is 6. The summed E-state index contributed by atoms with van der Waals surface area (Å²) in [7, 11) is 0. The number of benzene rings is 2. The van der Waals surface area contributed by atoms with Crippen molar-refractivity contribution < 1.29 is 28.8 Å². The number of likely N-dealkylation sites (tertiary alicyclic amines) is 1. The largest absolute Gasteiger partial charge is 0.353 e. The summed E-state index contributed by atoms with van der Waals surface area (Å²) in [5.41, 5.74) is 9.14. The minimum atomic E-state index is -0.958. The maximum Gasteiger partial charge on any atom is 0.312 e. The summed E-state index contributed by atoms with van der Waals surface area (Å²) in [6.45, 7) is 0.585. The van der Waals surface area contributed by atoms with Crippen LogP contribution in [-0.2, 0) is 36.8 Å². The second kappa shape index (κ2) is 18.7. The van der Waals surface area contributed by atoms with Crippen molar-refractivity contribution in [2.24, 2.45) is 11.7 Å². The molecule has 1 heterocycles. The molecule has 2 aliphatic carbocycles. The van der Waals surface area contributed by atoms with E-state index in [1.54, 1.807) is 0 Å². The number of fused-ring (bicyclic) bond motifs is 1. The fraction of sp³-hybridized carbons (Fsp3) is 0.487. The van der Waals surface area contributed by atoms with Crippen molar-refractivity contribution in [1.29, 1.82) is 0 Å². The van der Waals surface area contributed by atoms with Crippen LogP contribution in [0.25, 0.3) is 5.57 Å². The highest BCUT2D eigenvalue weighted by Gasteiger charge is 2.38. The zero-order valence-corrected chi connectivity index (χ0v) is 30.2. The molecule has 4 atom stereocenters. The SMILES string of the molecule is NC(=O)NCCC[C@H](CC(=O)[C@H](CC1=CCc2ccccc21)NC(=O)[C@@H]1CCCCN1C(=O)[C@H](Cc1ccccc1)NC(=O)CCl)C(=O)NC1CC1. The Morgan fingerprint density at radius 2 is 1.63 bits per heavy atom. The van der Waals surface area contributed by atoms with E-state index < -0.39 is 41.9 Å². The van der Waals surface area contributed by atoms with E-state index in [1.807, 2.05) is 54.6 Å². The molecule has 2 aromatic rings. The topological polar surface area (TPSA) is 180 Å². The molecule has 52 heavy (non-hydrogen) atoms. The van der Waals surface area contributed by atoms with Gasteiger partial charge in [-0.3, -0.25) is 24.0 Å². The van der Waals surface area contributed by atoms with E-state index in [1.165, 1.54) is 4.90 Å². The summed E-state index contributed by atoms with van der Waals surface area (Å²) in [5.74, 6) is -2.82. The average molecular weight is 733 g/mol. The van der Waals surface area contributed by atoms with Gasteiger partial charge in [0.25, 0.3) is 0 Å². The standard InChI is InChI=1S/C39H49ClN6O6/c40-24-35(48)44-32(21-25-9-2-1-3-10-25)38(51)46-20-7-6-14-33(46)37(50)45-31(22-27-16-15-26-11-4-5-13-30(26)27)34(47)23-28(12-8-19-42-39(41)52)36(49)43-29-17-18-29/h1-5,9-11,13,16,28-29,31-33H,6-8,12,14-15,17-24H2,(H,43,49)(H,44,48)(H,45,50)(H3,41,42,52)/t28-,31+,32+,33+/m1/s1. The molecule has 1 aliphatic heterocycles. The van der Waals surface area contributed by atoms with Crippen molar-refractivity contribution >= 4 is 52.6 Å². The molecule has 13 heteroatoms. The first-order valence-corrected chi connectivity index (χ1v) is 18.8. The summed E-state index contributed by atoms with van der Waals surface area (Å²) < 4.78 is 0. The zero-order chi connectivity index (χ0) is 37.0. The lowest BCUT2D eigenvalue weighted by Gasteiger charge is -2.37. The van der Waals surface area contributed by atoms with Gasteiger partial charge >= 0.3 is 6.03 Å². The molecule has 6 N–H and O–H groups in total. The predicted molar refractivity (Wildman–Crippen MR) is 198 cm³/mol. The third-order valence-electron chi connectivity index (χ3n) is 9.96. The van der Waals surface area contributed by atoms with Crippen LogP contribution in [0.5, 0.6) is 0 Å². The summed E-state index contributed by atoms with van der Waals surface area (Å²) in [5, 5.41) is 11.3. The molecular formula is C39H49ClN6O6. The van der Waals surface area contributed by atoms with Gasteiger partial charge in [0.2, 0.25) is 23.6 Å². The van der Waals surface area contributed by atoms with Gasteiger partial charge in [0.15, 0.2) is 5.78 Å². The molecule has 2 fully saturated rings. The lowest BCUT2D eigenvalue weighted by atomic mass is 9.89. The lowest BCUT2D eigenvalue weighted by Crippen LogP contribution is -2.59. The number of rotatable bonds is 18. The number of primary amides is 1. The Balaban J connectivity index is 1.35. The molecule has 1 saturated carbocycles. The van der Waals surface area contributed by atoms with Gasteiger partial charge < -0.3 is 31.9 Å². The molecule has 0 spiro atoms. The minimum absolute atomic E-state index is 0.0965. The number of allylic oxidation sites excluding steroid dienone is 1. The van der Waals surface area contributed by atoms with E-state index in [0.717, 1.165) is 35.1 Å². The molecule has 0 aromatic heterocycles. The fourth-order valence-electron chi connectivity index (χ4n) is 7.05. The minimum Gasteiger partial charge on any atom is -0.353 e. The maximum atomic E-state index is 14.2. The average Bonchev–Trinajstić information content (AvgIpc) is 3.88. The quantitative estimate of drug-likeness (QED) is 0.116. The van der Waals surface area contributed by atoms with Gasteiger partial charge in [-0.2, -0.15) is 0 Å². The van der Waals surface area contributed by atoms with Crippen molar-refractivity contribution in [3.8, 4) is 0 Å². The second-order valence-corrected chi connectivity index (χ2v) is 14.2. The smallest absolute Gasteiger partial charge is 0.312 e. The number of alkyl halides is 1. The fourth-order valence-corrected chi connectivity index (χ4v) is 7.13. The first-order valence-electron chi connectivity index (χ1n) is 18.3. The Morgan fingerprint density at radius 1 is 0.885 bits per heavy atom. The van der Waals surface area contributed by atoms with Gasteiger partial charge in [0.1, 0.15) is 18.0 Å². The Morgan fingerprint density at radius 3 is 2.37 bits per heavy atom. The van der Waals surface area contributed by atoms with E-state index in [4.69, 9.17) is 17.3 Å². The van der Waals surface area contributed by atoms with Crippen LogP contribution in [0.4, 0.5) is 4.79 Å². The van der Waals surface area contributed by atoms with Gasteiger partial charge in [-0.1, -0.05) is 60.7 Å². The van der Waals surface area contributed by atoms with Gasteiger partial charge in [-0.15, -0.1) is 11.6 Å². The lowest BCUT2D eigenvalue weighted by molar-refractivity contribution is -0.145. The summed E-state index contributed by atoms with van der Waals surface area (Å²) >= 11 is 5.80. The van der Waals surface area contributed by atoms with Gasteiger partial charge in [0.05, 0.1) is 6.04 Å². The van der Waals surface area contributed by atoms with Gasteiger partial charge in [0, 0.05) is 44.3 Å². The van der Waals surface area contributed by atoms with Crippen molar-refractivity contribution in [3.05, 3.63) is 77.4 Å². The summed E-state index contributed by atoms with van der Waals surface area (Å²) in [6.07, 6.45) is 7.47. The number of carbonyl (C=O) groups is 6. The van der Waals surface area contributed by atoms with Crippen molar-refractivity contribution in [2.45, 2.75) is 94.8 Å². The molecule has 12 nitrogen and oxygen atoms in total.